The van der Waals surface area contributed by atoms with Crippen LogP contribution >= 0.6 is 0 Å². The summed E-state index contributed by atoms with van der Waals surface area (Å²) in [5, 5.41) is 13.0. The quantitative estimate of drug-likeness (QED) is 0.731. The molecule has 4 heteroatoms. The first-order chi connectivity index (χ1) is 10.5. The molecule has 0 amide bonds. The highest BCUT2D eigenvalue weighted by Crippen LogP contribution is 2.40. The number of fused-ring (bicyclic) bond motifs is 3. The maximum Gasteiger partial charge on any atom is 0.340 e. The summed E-state index contributed by atoms with van der Waals surface area (Å²) in [7, 11) is 1.93. The summed E-state index contributed by atoms with van der Waals surface area (Å²) >= 11 is 0. The molecule has 2 aromatic carbocycles. The van der Waals surface area contributed by atoms with E-state index in [1.807, 2.05) is 49.7 Å². The van der Waals surface area contributed by atoms with E-state index in [2.05, 4.69) is 0 Å². The zero-order valence-corrected chi connectivity index (χ0v) is 13.2. The van der Waals surface area contributed by atoms with Crippen LogP contribution in [0.1, 0.15) is 28.5 Å². The third-order valence-electron chi connectivity index (χ3n) is 4.33. The van der Waals surface area contributed by atoms with Crippen LogP contribution in [0.15, 0.2) is 24.3 Å². The molecule has 22 heavy (non-hydrogen) atoms. The number of aryl methyl sites for hydroxylation is 2. The molecular formula is C18H19NO3. The Morgan fingerprint density at radius 3 is 2.50 bits per heavy atom. The van der Waals surface area contributed by atoms with Gasteiger partial charge in [0, 0.05) is 34.5 Å². The van der Waals surface area contributed by atoms with Crippen molar-refractivity contribution in [2.24, 2.45) is 7.05 Å². The number of phenolic OH excluding ortho intramolecular Hbond substituents is 1. The van der Waals surface area contributed by atoms with Crippen molar-refractivity contribution in [3.63, 3.8) is 0 Å². The number of phenols is 1. The van der Waals surface area contributed by atoms with Crippen molar-refractivity contribution in [3.05, 3.63) is 41.1 Å². The number of rotatable bonds is 2. The van der Waals surface area contributed by atoms with Crippen LogP contribution in [0.5, 0.6) is 5.75 Å². The van der Waals surface area contributed by atoms with E-state index < -0.39 is 0 Å². The average molecular weight is 297 g/mol. The average Bonchev–Trinajstić information content (AvgIpc) is 2.78. The van der Waals surface area contributed by atoms with Crippen molar-refractivity contribution in [3.8, 4) is 5.75 Å². The molecule has 114 valence electrons. The lowest BCUT2D eigenvalue weighted by atomic mass is 9.98. The Morgan fingerprint density at radius 2 is 1.86 bits per heavy atom. The van der Waals surface area contributed by atoms with Gasteiger partial charge in [-0.3, -0.25) is 0 Å². The third-order valence-corrected chi connectivity index (χ3v) is 4.33. The molecule has 4 nitrogen and oxygen atoms in total. The molecule has 0 fully saturated rings. The van der Waals surface area contributed by atoms with Gasteiger partial charge >= 0.3 is 5.97 Å². The molecule has 0 atom stereocenters. The number of carbonyl (C=O) groups is 1. The van der Waals surface area contributed by atoms with Crippen LogP contribution in [-0.2, 0) is 11.8 Å². The molecule has 1 heterocycles. The van der Waals surface area contributed by atoms with Crippen LogP contribution in [0.4, 0.5) is 0 Å². The Morgan fingerprint density at radius 1 is 1.23 bits per heavy atom. The second-order valence-corrected chi connectivity index (χ2v) is 5.48. The molecule has 0 unspecified atom stereocenters. The predicted molar refractivity (Wildman–Crippen MR) is 87.5 cm³/mol. The maximum absolute atomic E-state index is 12.4. The number of esters is 1. The molecule has 0 saturated carbocycles. The van der Waals surface area contributed by atoms with Gasteiger partial charge in [0.15, 0.2) is 0 Å². The number of aromatic hydroxyl groups is 1. The molecule has 0 spiro atoms. The number of carbonyl (C=O) groups excluding carboxylic acids is 1. The Labute approximate surface area is 128 Å². The zero-order valence-electron chi connectivity index (χ0n) is 13.2. The van der Waals surface area contributed by atoms with Crippen LogP contribution in [0, 0.1) is 13.8 Å². The minimum absolute atomic E-state index is 0.222. The van der Waals surface area contributed by atoms with Crippen molar-refractivity contribution >= 4 is 27.6 Å². The van der Waals surface area contributed by atoms with Crippen LogP contribution in [-0.4, -0.2) is 22.2 Å². The van der Waals surface area contributed by atoms with E-state index in [9.17, 15) is 9.90 Å². The van der Waals surface area contributed by atoms with E-state index in [1.165, 1.54) is 0 Å². The molecule has 0 aliphatic carbocycles. The topological polar surface area (TPSA) is 51.5 Å². The molecule has 0 radical (unpaired) electrons. The van der Waals surface area contributed by atoms with Gasteiger partial charge < -0.3 is 14.4 Å². The number of nitrogens with zero attached hydrogens (tertiary/aromatic N) is 1. The van der Waals surface area contributed by atoms with Gasteiger partial charge in [-0.1, -0.05) is 24.3 Å². The lowest BCUT2D eigenvalue weighted by Gasteiger charge is -2.09. The summed E-state index contributed by atoms with van der Waals surface area (Å²) < 4.78 is 7.20. The van der Waals surface area contributed by atoms with Gasteiger partial charge in [-0.25, -0.2) is 4.79 Å². The second-order valence-electron chi connectivity index (χ2n) is 5.48. The van der Waals surface area contributed by atoms with Gasteiger partial charge in [0.2, 0.25) is 0 Å². The fourth-order valence-corrected chi connectivity index (χ4v) is 3.15. The predicted octanol–water partition coefficient (Wildman–Crippen LogP) is 3.83. The Bertz CT molecular complexity index is 906. The van der Waals surface area contributed by atoms with E-state index >= 15 is 0 Å². The van der Waals surface area contributed by atoms with Crippen molar-refractivity contribution < 1.29 is 14.6 Å². The summed E-state index contributed by atoms with van der Waals surface area (Å²) in [4.78, 5) is 12.4. The number of hydrogen-bond acceptors (Lipinski definition) is 3. The van der Waals surface area contributed by atoms with Crippen molar-refractivity contribution in [2.45, 2.75) is 20.8 Å². The molecule has 0 aliphatic rings. The van der Waals surface area contributed by atoms with Crippen molar-refractivity contribution in [1.29, 1.82) is 0 Å². The monoisotopic (exact) mass is 297 g/mol. The van der Waals surface area contributed by atoms with Gasteiger partial charge in [0.1, 0.15) is 5.75 Å². The van der Waals surface area contributed by atoms with Crippen molar-refractivity contribution in [1.82, 2.24) is 4.57 Å². The third kappa shape index (κ3) is 1.80. The minimum atomic E-state index is -0.344. The first kappa shape index (κ1) is 14.4. The Hall–Kier alpha value is -2.49. The van der Waals surface area contributed by atoms with Gasteiger partial charge in [0.05, 0.1) is 17.7 Å². The van der Waals surface area contributed by atoms with E-state index in [0.29, 0.717) is 17.7 Å². The molecular weight excluding hydrogens is 278 g/mol. The molecule has 0 aliphatic heterocycles. The van der Waals surface area contributed by atoms with Crippen LogP contribution in [0.3, 0.4) is 0 Å². The lowest BCUT2D eigenvalue weighted by molar-refractivity contribution is 0.0527. The summed E-state index contributed by atoms with van der Waals surface area (Å²) in [6.07, 6.45) is 0. The fourth-order valence-electron chi connectivity index (χ4n) is 3.15. The molecule has 1 aromatic heterocycles. The molecule has 0 saturated heterocycles. The molecule has 1 N–H and O–H groups in total. The van der Waals surface area contributed by atoms with Crippen LogP contribution < -0.4 is 0 Å². The summed E-state index contributed by atoms with van der Waals surface area (Å²) in [6, 6.07) is 7.69. The van der Waals surface area contributed by atoms with Crippen LogP contribution in [0.2, 0.25) is 0 Å². The smallest absolute Gasteiger partial charge is 0.340 e. The number of benzene rings is 2. The van der Waals surface area contributed by atoms with Crippen LogP contribution in [0.25, 0.3) is 21.7 Å². The molecule has 3 rings (SSSR count). The normalized spacial score (nSPS) is 11.3. The van der Waals surface area contributed by atoms with E-state index in [4.69, 9.17) is 4.74 Å². The number of hydrogen-bond donors (Lipinski definition) is 1. The van der Waals surface area contributed by atoms with Gasteiger partial charge in [0.25, 0.3) is 0 Å². The molecule has 3 aromatic rings. The number of ether oxygens (including phenoxy) is 1. The maximum atomic E-state index is 12.4. The van der Waals surface area contributed by atoms with Gasteiger partial charge in [-0.15, -0.1) is 0 Å². The van der Waals surface area contributed by atoms with E-state index in [-0.39, 0.29) is 11.7 Å². The van der Waals surface area contributed by atoms with Gasteiger partial charge in [-0.05, 0) is 20.8 Å². The van der Waals surface area contributed by atoms with Gasteiger partial charge in [-0.2, -0.15) is 0 Å². The second kappa shape index (κ2) is 5.05. The molecule has 0 bridgehead atoms. The summed E-state index contributed by atoms with van der Waals surface area (Å²) in [5.74, 6) is -0.123. The highest BCUT2D eigenvalue weighted by atomic mass is 16.5. The standard InChI is InChI=1S/C18H19NO3/c1-5-22-18(21)15-11(3)19(4)16-12-8-6-7-9-13(12)17(20)10(2)14(15)16/h6-9,20H,5H2,1-4H3. The largest absolute Gasteiger partial charge is 0.507 e. The fraction of sp³-hybridized carbons (Fsp3) is 0.278. The highest BCUT2D eigenvalue weighted by Gasteiger charge is 2.24. The first-order valence-corrected chi connectivity index (χ1v) is 7.35. The SMILES string of the molecule is CCOC(=O)c1c(C)n(C)c2c1c(C)c(O)c1ccccc12. The summed E-state index contributed by atoms with van der Waals surface area (Å²) in [6.45, 7) is 5.86. The highest BCUT2D eigenvalue weighted by molar-refractivity contribution is 6.17. The van der Waals surface area contributed by atoms with E-state index in [0.717, 1.165) is 27.4 Å². The minimum Gasteiger partial charge on any atom is -0.507 e. The Kier molecular flexibility index (Phi) is 3.32. The van der Waals surface area contributed by atoms with E-state index in [1.54, 1.807) is 6.92 Å². The first-order valence-electron chi connectivity index (χ1n) is 7.35. The summed E-state index contributed by atoms with van der Waals surface area (Å²) in [5.41, 5.74) is 3.04. The number of aromatic nitrogens is 1. The Balaban J connectivity index is 2.55. The zero-order chi connectivity index (χ0) is 16.0. The lowest BCUT2D eigenvalue weighted by Crippen LogP contribution is -2.06. The van der Waals surface area contributed by atoms with Crippen molar-refractivity contribution in [2.75, 3.05) is 6.61 Å².